The Kier molecular flexibility index (Phi) is 6.32. The molecule has 0 aliphatic carbocycles. The highest BCUT2D eigenvalue weighted by atomic mass is 35.5. The van der Waals surface area contributed by atoms with Gasteiger partial charge in [0.1, 0.15) is 23.0 Å². The number of piperidine rings is 1. The molecule has 0 saturated carbocycles. The molecule has 2 aromatic rings. The van der Waals surface area contributed by atoms with E-state index in [1.807, 2.05) is 6.07 Å². The van der Waals surface area contributed by atoms with Crippen LogP contribution < -0.4 is 10.2 Å². The van der Waals surface area contributed by atoms with Crippen LogP contribution in [-0.2, 0) is 4.79 Å². The first-order valence-corrected chi connectivity index (χ1v) is 9.85. The number of aromatic nitrogens is 2. The molecule has 1 N–H and O–H groups in total. The van der Waals surface area contributed by atoms with Crippen LogP contribution in [0.4, 0.5) is 15.9 Å². The van der Waals surface area contributed by atoms with Gasteiger partial charge in [-0.1, -0.05) is 23.4 Å². The number of rotatable bonds is 5. The zero-order valence-corrected chi connectivity index (χ0v) is 16.0. The van der Waals surface area contributed by atoms with Crippen molar-refractivity contribution in [1.82, 2.24) is 9.97 Å². The van der Waals surface area contributed by atoms with E-state index in [0.29, 0.717) is 11.7 Å². The van der Waals surface area contributed by atoms with Crippen molar-refractivity contribution in [3.05, 3.63) is 41.4 Å². The molecule has 26 heavy (non-hydrogen) atoms. The van der Waals surface area contributed by atoms with Crippen LogP contribution in [0.5, 0.6) is 0 Å². The molecule has 3 rings (SSSR count). The summed E-state index contributed by atoms with van der Waals surface area (Å²) >= 11 is 7.06. The van der Waals surface area contributed by atoms with Gasteiger partial charge in [-0.3, -0.25) is 4.79 Å². The van der Waals surface area contributed by atoms with Crippen molar-refractivity contribution in [2.45, 2.75) is 37.3 Å². The van der Waals surface area contributed by atoms with Crippen LogP contribution in [0.3, 0.4) is 0 Å². The van der Waals surface area contributed by atoms with Gasteiger partial charge < -0.3 is 10.2 Å². The standard InChI is InChI=1S/C18H20ClFN4OS/c1-12-4-2-3-7-24(12)16-9-18(22-11-21-16)26-10-17(25)23-13-5-6-15(20)14(19)8-13/h5-6,8-9,11-12H,2-4,7,10H2,1H3,(H,23,25)/t12-/m0/s1. The summed E-state index contributed by atoms with van der Waals surface area (Å²) in [5.41, 5.74) is 0.465. The Hall–Kier alpha value is -1.86. The third-order valence-corrected chi connectivity index (χ3v) is 5.49. The molecule has 0 bridgehead atoms. The normalized spacial score (nSPS) is 17.2. The molecule has 1 atom stereocenters. The molecule has 1 aromatic heterocycles. The number of halogens is 2. The number of carbonyl (C=O) groups excluding carboxylic acids is 1. The smallest absolute Gasteiger partial charge is 0.234 e. The lowest BCUT2D eigenvalue weighted by atomic mass is 10.0. The molecule has 0 spiro atoms. The van der Waals surface area contributed by atoms with Crippen LogP contribution in [0, 0.1) is 5.82 Å². The fourth-order valence-electron chi connectivity index (χ4n) is 2.91. The minimum Gasteiger partial charge on any atom is -0.354 e. The van der Waals surface area contributed by atoms with Crippen molar-refractivity contribution in [2.75, 3.05) is 22.5 Å². The van der Waals surface area contributed by atoms with E-state index in [-0.39, 0.29) is 16.7 Å². The summed E-state index contributed by atoms with van der Waals surface area (Å²) < 4.78 is 13.2. The van der Waals surface area contributed by atoms with E-state index in [2.05, 4.69) is 27.1 Å². The summed E-state index contributed by atoms with van der Waals surface area (Å²) in [5, 5.41) is 3.43. The molecule has 5 nitrogen and oxygen atoms in total. The number of nitrogens with zero attached hydrogens (tertiary/aromatic N) is 3. The number of amides is 1. The highest BCUT2D eigenvalue weighted by molar-refractivity contribution is 7.99. The largest absolute Gasteiger partial charge is 0.354 e. The molecule has 138 valence electrons. The maximum atomic E-state index is 13.2. The molecule has 1 aromatic carbocycles. The van der Waals surface area contributed by atoms with Gasteiger partial charge in [-0.05, 0) is 44.4 Å². The van der Waals surface area contributed by atoms with Crippen molar-refractivity contribution in [1.29, 1.82) is 0 Å². The topological polar surface area (TPSA) is 58.1 Å². The average molecular weight is 395 g/mol. The van der Waals surface area contributed by atoms with Crippen LogP contribution >= 0.6 is 23.4 Å². The Balaban J connectivity index is 1.58. The van der Waals surface area contributed by atoms with Gasteiger partial charge in [0.05, 0.1) is 10.8 Å². The zero-order chi connectivity index (χ0) is 18.5. The summed E-state index contributed by atoms with van der Waals surface area (Å²) in [6.07, 6.45) is 5.11. The fraction of sp³-hybridized carbons (Fsp3) is 0.389. The van der Waals surface area contributed by atoms with Crippen LogP contribution in [0.2, 0.25) is 5.02 Å². The summed E-state index contributed by atoms with van der Waals surface area (Å²) in [6, 6.07) is 6.48. The summed E-state index contributed by atoms with van der Waals surface area (Å²) in [7, 11) is 0. The van der Waals surface area contributed by atoms with Crippen LogP contribution in [-0.4, -0.2) is 34.2 Å². The lowest BCUT2D eigenvalue weighted by molar-refractivity contribution is -0.113. The van der Waals surface area contributed by atoms with Crippen molar-refractivity contribution in [2.24, 2.45) is 0 Å². The number of carbonyl (C=O) groups is 1. The fourth-order valence-corrected chi connectivity index (χ4v) is 3.76. The van der Waals surface area contributed by atoms with Gasteiger partial charge in [0, 0.05) is 24.3 Å². The first kappa shape index (κ1) is 18.9. The lowest BCUT2D eigenvalue weighted by Crippen LogP contribution is -2.38. The second-order valence-electron chi connectivity index (χ2n) is 6.22. The van der Waals surface area contributed by atoms with Gasteiger partial charge in [0.15, 0.2) is 0 Å². The third-order valence-electron chi connectivity index (χ3n) is 4.28. The predicted octanol–water partition coefficient (Wildman–Crippen LogP) is 4.38. The molecule has 0 unspecified atom stereocenters. The Labute approximate surface area is 161 Å². The highest BCUT2D eigenvalue weighted by Gasteiger charge is 2.20. The van der Waals surface area contributed by atoms with E-state index in [9.17, 15) is 9.18 Å². The molecule has 2 heterocycles. The SMILES string of the molecule is C[C@H]1CCCCN1c1cc(SCC(=O)Nc2ccc(F)c(Cl)c2)ncn1. The maximum absolute atomic E-state index is 13.2. The van der Waals surface area contributed by atoms with Crippen molar-refractivity contribution >= 4 is 40.8 Å². The third kappa shape index (κ3) is 4.86. The predicted molar refractivity (Wildman–Crippen MR) is 103 cm³/mol. The quantitative estimate of drug-likeness (QED) is 0.602. The minimum absolute atomic E-state index is 0.0217. The van der Waals surface area contributed by atoms with Gasteiger partial charge in [0.25, 0.3) is 0 Å². The Morgan fingerprint density at radius 1 is 1.38 bits per heavy atom. The molecule has 1 aliphatic rings. The highest BCUT2D eigenvalue weighted by Crippen LogP contribution is 2.26. The van der Waals surface area contributed by atoms with E-state index in [0.717, 1.165) is 23.8 Å². The first-order chi connectivity index (χ1) is 12.5. The summed E-state index contributed by atoms with van der Waals surface area (Å²) in [4.78, 5) is 23.0. The number of hydrogen-bond acceptors (Lipinski definition) is 5. The van der Waals surface area contributed by atoms with Crippen molar-refractivity contribution < 1.29 is 9.18 Å². The zero-order valence-electron chi connectivity index (χ0n) is 14.4. The van der Waals surface area contributed by atoms with Crippen molar-refractivity contribution in [3.63, 3.8) is 0 Å². The number of thioether (sulfide) groups is 1. The van der Waals surface area contributed by atoms with Crippen LogP contribution in [0.1, 0.15) is 26.2 Å². The molecule has 1 aliphatic heterocycles. The monoisotopic (exact) mass is 394 g/mol. The molecule has 1 saturated heterocycles. The van der Waals surface area contributed by atoms with E-state index in [1.165, 1.54) is 49.1 Å². The number of nitrogens with one attached hydrogen (secondary N) is 1. The average Bonchev–Trinajstić information content (AvgIpc) is 2.64. The number of hydrogen-bond donors (Lipinski definition) is 1. The molecule has 1 fully saturated rings. The molecule has 8 heteroatoms. The lowest BCUT2D eigenvalue weighted by Gasteiger charge is -2.34. The van der Waals surface area contributed by atoms with E-state index >= 15 is 0 Å². The Morgan fingerprint density at radius 3 is 3.00 bits per heavy atom. The molecule has 0 radical (unpaired) electrons. The number of benzene rings is 1. The van der Waals surface area contributed by atoms with Gasteiger partial charge in [-0.2, -0.15) is 0 Å². The second-order valence-corrected chi connectivity index (χ2v) is 7.62. The summed E-state index contributed by atoms with van der Waals surface area (Å²) in [6.45, 7) is 3.20. The molecule has 1 amide bonds. The molecular weight excluding hydrogens is 375 g/mol. The summed E-state index contributed by atoms with van der Waals surface area (Å²) in [5.74, 6) is 0.380. The minimum atomic E-state index is -0.514. The van der Waals surface area contributed by atoms with Gasteiger partial charge in [0.2, 0.25) is 5.91 Å². The molecular formula is C18H20ClFN4OS. The maximum Gasteiger partial charge on any atom is 0.234 e. The first-order valence-electron chi connectivity index (χ1n) is 8.49. The van der Waals surface area contributed by atoms with Crippen molar-refractivity contribution in [3.8, 4) is 0 Å². The van der Waals surface area contributed by atoms with E-state index < -0.39 is 5.82 Å². The van der Waals surface area contributed by atoms with E-state index in [1.54, 1.807) is 0 Å². The van der Waals surface area contributed by atoms with Gasteiger partial charge >= 0.3 is 0 Å². The van der Waals surface area contributed by atoms with Crippen LogP contribution in [0.15, 0.2) is 35.6 Å². The second kappa shape index (κ2) is 8.68. The van der Waals surface area contributed by atoms with Gasteiger partial charge in [-0.25, -0.2) is 14.4 Å². The number of anilines is 2. The Morgan fingerprint density at radius 2 is 2.23 bits per heavy atom. The van der Waals surface area contributed by atoms with Gasteiger partial charge in [-0.15, -0.1) is 0 Å². The van der Waals surface area contributed by atoms with Crippen LogP contribution in [0.25, 0.3) is 0 Å². The Bertz CT molecular complexity index is 792. The van der Waals surface area contributed by atoms with E-state index in [4.69, 9.17) is 11.6 Å².